The number of hydrogen-bond acceptors (Lipinski definition) is 3. The third-order valence-electron chi connectivity index (χ3n) is 5.85. The summed E-state index contributed by atoms with van der Waals surface area (Å²) in [5.41, 5.74) is 5.85. The Kier molecular flexibility index (Phi) is 9.64. The van der Waals surface area contributed by atoms with Crippen LogP contribution < -0.4 is 0 Å². The van der Waals surface area contributed by atoms with E-state index in [1.807, 2.05) is 69.1 Å². The van der Waals surface area contributed by atoms with E-state index in [1.54, 1.807) is 0 Å². The van der Waals surface area contributed by atoms with Crippen molar-refractivity contribution in [3.63, 3.8) is 0 Å². The number of nitrogens with zero attached hydrogens (tertiary/aromatic N) is 4. The Labute approximate surface area is 217 Å². The molecule has 0 atom stereocenters. The van der Waals surface area contributed by atoms with Gasteiger partial charge >= 0.3 is 0 Å². The normalized spacial score (nSPS) is 10.8. The number of hydrogen-bond donors (Lipinski definition) is 0. The highest BCUT2D eigenvalue weighted by Crippen LogP contribution is 2.28. The first-order chi connectivity index (χ1) is 17.0. The second-order valence-corrected chi connectivity index (χ2v) is 9.11. The van der Waals surface area contributed by atoms with Gasteiger partial charge in [-0.3, -0.25) is 9.69 Å². The summed E-state index contributed by atoms with van der Waals surface area (Å²) in [6.45, 7) is 10.9. The lowest BCUT2D eigenvalue weighted by molar-refractivity contribution is 0.0772. The maximum absolute atomic E-state index is 13.0. The fourth-order valence-corrected chi connectivity index (χ4v) is 4.37. The quantitative estimate of drug-likeness (QED) is 0.246. The molecule has 5 nitrogen and oxygen atoms in total. The van der Waals surface area contributed by atoms with Gasteiger partial charge in [-0.15, -0.1) is 0 Å². The highest BCUT2D eigenvalue weighted by molar-refractivity contribution is 9.10. The van der Waals surface area contributed by atoms with E-state index in [0.29, 0.717) is 25.2 Å². The second kappa shape index (κ2) is 12.7. The van der Waals surface area contributed by atoms with Crippen LogP contribution in [0, 0.1) is 0 Å². The lowest BCUT2D eigenvalue weighted by atomic mass is 10.1. The zero-order chi connectivity index (χ0) is 25.4. The average molecular weight is 536 g/mol. The van der Waals surface area contributed by atoms with Crippen LogP contribution in [-0.2, 0) is 13.1 Å². The van der Waals surface area contributed by atoms with Crippen LogP contribution in [-0.4, -0.2) is 45.2 Å². The van der Waals surface area contributed by atoms with Gasteiger partial charge in [-0.25, -0.2) is 4.98 Å². The molecule has 2 heterocycles. The lowest BCUT2D eigenvalue weighted by Crippen LogP contribution is -2.30. The van der Waals surface area contributed by atoms with Gasteiger partial charge in [0, 0.05) is 42.4 Å². The maximum Gasteiger partial charge on any atom is 0.255 e. The third kappa shape index (κ3) is 6.38. The van der Waals surface area contributed by atoms with E-state index in [2.05, 4.69) is 68.7 Å². The van der Waals surface area contributed by atoms with E-state index in [4.69, 9.17) is 4.98 Å². The Morgan fingerprint density at radius 1 is 0.914 bits per heavy atom. The topological polar surface area (TPSA) is 40.9 Å². The van der Waals surface area contributed by atoms with E-state index in [-0.39, 0.29) is 5.91 Å². The number of aromatic nitrogens is 2. The highest BCUT2D eigenvalue weighted by atomic mass is 79.9. The van der Waals surface area contributed by atoms with Gasteiger partial charge in [0.1, 0.15) is 5.65 Å². The minimum absolute atomic E-state index is 0.0457. The van der Waals surface area contributed by atoms with Gasteiger partial charge in [0.25, 0.3) is 5.91 Å². The van der Waals surface area contributed by atoms with E-state index in [1.165, 1.54) is 5.56 Å². The summed E-state index contributed by atoms with van der Waals surface area (Å²) in [5.74, 6) is 0.0457. The second-order valence-electron chi connectivity index (χ2n) is 8.20. The molecule has 4 aromatic rings. The van der Waals surface area contributed by atoms with Crippen LogP contribution in [0.1, 0.15) is 49.3 Å². The number of carbonyl (C=O) groups excluding carboxylic acids is 1. The largest absolute Gasteiger partial charge is 0.339 e. The van der Waals surface area contributed by atoms with Gasteiger partial charge in [-0.1, -0.05) is 72.2 Å². The van der Waals surface area contributed by atoms with Crippen molar-refractivity contribution < 1.29 is 4.79 Å². The zero-order valence-electron chi connectivity index (χ0n) is 21.3. The standard InChI is InChI=1S/C27H29BrN4O.C2H6/c1-4-31(5-2)27(33)22-13-16-25-29-26(21-11-14-23(28)15-12-21)24(32(25)18-22)19-30(3)17-20-9-7-6-8-10-20;1-2/h6-16,18H,4-5,17,19H2,1-3H3;1-2H3. The molecular weight excluding hydrogens is 500 g/mol. The van der Waals surface area contributed by atoms with Crippen LogP contribution in [0.15, 0.2) is 77.4 Å². The molecule has 0 fully saturated rings. The number of benzene rings is 2. The van der Waals surface area contributed by atoms with E-state index in [0.717, 1.165) is 33.6 Å². The third-order valence-corrected chi connectivity index (χ3v) is 6.38. The van der Waals surface area contributed by atoms with Crippen molar-refractivity contribution in [2.75, 3.05) is 20.1 Å². The maximum atomic E-state index is 13.0. The number of fused-ring (bicyclic) bond motifs is 1. The predicted octanol–water partition coefficient (Wildman–Crippen LogP) is 6.90. The van der Waals surface area contributed by atoms with Gasteiger partial charge in [0.2, 0.25) is 0 Å². The molecule has 0 saturated heterocycles. The molecule has 2 aromatic carbocycles. The van der Waals surface area contributed by atoms with Crippen LogP contribution in [0.25, 0.3) is 16.9 Å². The van der Waals surface area contributed by atoms with Gasteiger partial charge < -0.3 is 9.30 Å². The van der Waals surface area contributed by atoms with Crippen molar-refractivity contribution in [2.45, 2.75) is 40.8 Å². The first-order valence-electron chi connectivity index (χ1n) is 12.3. The minimum Gasteiger partial charge on any atom is -0.339 e. The molecule has 1 amide bonds. The Balaban J connectivity index is 0.00000167. The molecule has 0 radical (unpaired) electrons. The van der Waals surface area contributed by atoms with E-state index < -0.39 is 0 Å². The number of carbonyl (C=O) groups is 1. The molecule has 0 aliphatic rings. The highest BCUT2D eigenvalue weighted by Gasteiger charge is 2.19. The number of rotatable bonds is 8. The first kappa shape index (κ1) is 26.6. The summed E-state index contributed by atoms with van der Waals surface area (Å²) in [7, 11) is 2.11. The van der Waals surface area contributed by atoms with Gasteiger partial charge in [0.05, 0.1) is 17.0 Å². The van der Waals surface area contributed by atoms with Crippen molar-refractivity contribution in [1.29, 1.82) is 0 Å². The van der Waals surface area contributed by atoms with Crippen molar-refractivity contribution in [2.24, 2.45) is 0 Å². The summed E-state index contributed by atoms with van der Waals surface area (Å²) in [6, 6.07) is 22.5. The predicted molar refractivity (Wildman–Crippen MR) is 149 cm³/mol. The molecule has 6 heteroatoms. The van der Waals surface area contributed by atoms with Gasteiger partial charge in [0.15, 0.2) is 0 Å². The van der Waals surface area contributed by atoms with Crippen LogP contribution in [0.4, 0.5) is 0 Å². The van der Waals surface area contributed by atoms with Crippen LogP contribution in [0.3, 0.4) is 0 Å². The average Bonchev–Trinajstić information content (AvgIpc) is 3.24. The molecular formula is C29H35BrN4O. The van der Waals surface area contributed by atoms with Crippen LogP contribution >= 0.6 is 15.9 Å². The number of amides is 1. The molecule has 4 rings (SSSR count). The summed E-state index contributed by atoms with van der Waals surface area (Å²) >= 11 is 3.53. The lowest BCUT2D eigenvalue weighted by Gasteiger charge is -2.20. The Bertz CT molecular complexity index is 1230. The van der Waals surface area contributed by atoms with Crippen molar-refractivity contribution in [1.82, 2.24) is 19.2 Å². The molecule has 0 bridgehead atoms. The molecule has 0 aliphatic heterocycles. The molecule has 184 valence electrons. The summed E-state index contributed by atoms with van der Waals surface area (Å²) in [5, 5.41) is 0. The number of halogens is 1. The van der Waals surface area contributed by atoms with Gasteiger partial charge in [-0.2, -0.15) is 0 Å². The summed E-state index contributed by atoms with van der Waals surface area (Å²) < 4.78 is 3.11. The van der Waals surface area contributed by atoms with Gasteiger partial charge in [-0.05, 0) is 50.7 Å². The first-order valence-corrected chi connectivity index (χ1v) is 13.1. The molecule has 2 aromatic heterocycles. The van der Waals surface area contributed by atoms with E-state index >= 15 is 0 Å². The van der Waals surface area contributed by atoms with Crippen LogP contribution in [0.2, 0.25) is 0 Å². The fourth-order valence-electron chi connectivity index (χ4n) is 4.11. The SMILES string of the molecule is CC.CCN(CC)C(=O)c1ccc2nc(-c3ccc(Br)cc3)c(CN(C)Cc3ccccc3)n2c1. The molecule has 0 aliphatic carbocycles. The minimum atomic E-state index is 0.0457. The van der Waals surface area contributed by atoms with Crippen molar-refractivity contribution in [3.8, 4) is 11.3 Å². The summed E-state index contributed by atoms with van der Waals surface area (Å²) in [6.07, 6.45) is 1.94. The summed E-state index contributed by atoms with van der Waals surface area (Å²) in [4.78, 5) is 22.1. The molecule has 0 saturated carbocycles. The van der Waals surface area contributed by atoms with Crippen molar-refractivity contribution in [3.05, 3.63) is 94.2 Å². The molecule has 0 spiro atoms. The number of pyridine rings is 1. The van der Waals surface area contributed by atoms with E-state index in [9.17, 15) is 4.79 Å². The van der Waals surface area contributed by atoms with Crippen molar-refractivity contribution >= 4 is 27.5 Å². The zero-order valence-corrected chi connectivity index (χ0v) is 22.9. The molecule has 35 heavy (non-hydrogen) atoms. The Hall–Kier alpha value is -2.96. The Morgan fingerprint density at radius 2 is 1.57 bits per heavy atom. The fraction of sp³-hybridized carbons (Fsp3) is 0.310. The monoisotopic (exact) mass is 534 g/mol. The molecule has 0 unspecified atom stereocenters. The van der Waals surface area contributed by atoms with Crippen LogP contribution in [0.5, 0.6) is 0 Å². The molecule has 0 N–H and O–H groups in total. The smallest absolute Gasteiger partial charge is 0.255 e. The Morgan fingerprint density at radius 3 is 2.20 bits per heavy atom. The number of imidazole rings is 1.